The number of ether oxygens (including phenoxy) is 1. The number of benzene rings is 2. The second-order valence-corrected chi connectivity index (χ2v) is 7.44. The maximum atomic E-state index is 12.3. The lowest BCUT2D eigenvalue weighted by Gasteiger charge is -2.28. The van der Waals surface area contributed by atoms with Crippen molar-refractivity contribution in [1.29, 1.82) is 0 Å². The number of piperidine rings is 1. The Bertz CT molecular complexity index is 764. The Balaban J connectivity index is 1.49. The van der Waals surface area contributed by atoms with E-state index in [1.54, 1.807) is 6.92 Å². The minimum atomic E-state index is -0.528. The molecule has 0 spiro atoms. The Morgan fingerprint density at radius 1 is 1.04 bits per heavy atom. The largest absolute Gasteiger partial charge is 0.481 e. The molecule has 27 heavy (non-hydrogen) atoms. The summed E-state index contributed by atoms with van der Waals surface area (Å²) in [6.07, 6.45) is 3.36. The van der Waals surface area contributed by atoms with E-state index in [9.17, 15) is 4.79 Å². The molecule has 4 nitrogen and oxygen atoms in total. The fourth-order valence-corrected chi connectivity index (χ4v) is 3.35. The quantitative estimate of drug-likeness (QED) is 0.825. The standard InChI is InChI=1S/C23H30N2O2/c1-17-7-12-22(15-18(17)2)27-19(3)23(26)24-16-20-8-10-21(11-9-20)25-13-5-4-6-14-25/h7-12,15,19H,4-6,13-14,16H2,1-3H3,(H,24,26). The highest BCUT2D eigenvalue weighted by atomic mass is 16.5. The summed E-state index contributed by atoms with van der Waals surface area (Å²) in [4.78, 5) is 14.8. The van der Waals surface area contributed by atoms with Crippen molar-refractivity contribution in [2.75, 3.05) is 18.0 Å². The van der Waals surface area contributed by atoms with Crippen molar-refractivity contribution in [3.8, 4) is 5.75 Å². The summed E-state index contributed by atoms with van der Waals surface area (Å²) in [6.45, 7) is 8.68. The third-order valence-corrected chi connectivity index (χ3v) is 5.28. The van der Waals surface area contributed by atoms with Gasteiger partial charge in [-0.3, -0.25) is 4.79 Å². The molecule has 0 radical (unpaired) electrons. The predicted molar refractivity (Wildman–Crippen MR) is 110 cm³/mol. The summed E-state index contributed by atoms with van der Waals surface area (Å²) in [7, 11) is 0. The van der Waals surface area contributed by atoms with Gasteiger partial charge in [-0.15, -0.1) is 0 Å². The lowest BCUT2D eigenvalue weighted by Crippen LogP contribution is -2.35. The van der Waals surface area contributed by atoms with Gasteiger partial charge in [0.05, 0.1) is 0 Å². The Hall–Kier alpha value is -2.49. The van der Waals surface area contributed by atoms with Crippen LogP contribution < -0.4 is 15.0 Å². The number of hydrogen-bond donors (Lipinski definition) is 1. The molecule has 1 atom stereocenters. The molecule has 1 saturated heterocycles. The van der Waals surface area contributed by atoms with Crippen molar-refractivity contribution in [2.24, 2.45) is 0 Å². The number of nitrogens with zero attached hydrogens (tertiary/aromatic N) is 1. The molecule has 2 aromatic carbocycles. The third kappa shape index (κ3) is 5.25. The molecular formula is C23H30N2O2. The lowest BCUT2D eigenvalue weighted by molar-refractivity contribution is -0.127. The molecule has 1 amide bonds. The Morgan fingerprint density at radius 3 is 2.41 bits per heavy atom. The van der Waals surface area contributed by atoms with Gasteiger partial charge in [-0.05, 0) is 81.0 Å². The Kier molecular flexibility index (Phi) is 6.38. The molecule has 2 aromatic rings. The molecule has 1 aliphatic rings. The van der Waals surface area contributed by atoms with Crippen LogP contribution in [0.25, 0.3) is 0 Å². The van der Waals surface area contributed by atoms with Crippen LogP contribution in [0.1, 0.15) is 42.9 Å². The summed E-state index contributed by atoms with van der Waals surface area (Å²) in [5.74, 6) is 0.625. The van der Waals surface area contributed by atoms with Gasteiger partial charge in [-0.25, -0.2) is 0 Å². The van der Waals surface area contributed by atoms with Crippen LogP contribution in [0.2, 0.25) is 0 Å². The molecule has 1 N–H and O–H groups in total. The normalized spacial score (nSPS) is 15.3. The summed E-state index contributed by atoms with van der Waals surface area (Å²) in [5, 5.41) is 2.97. The van der Waals surface area contributed by atoms with Crippen molar-refractivity contribution >= 4 is 11.6 Å². The number of hydrogen-bond acceptors (Lipinski definition) is 3. The number of rotatable bonds is 6. The topological polar surface area (TPSA) is 41.6 Å². The van der Waals surface area contributed by atoms with E-state index in [2.05, 4.69) is 41.4 Å². The fraction of sp³-hybridized carbons (Fsp3) is 0.435. The molecule has 0 aliphatic carbocycles. The summed E-state index contributed by atoms with van der Waals surface area (Å²) < 4.78 is 5.78. The molecule has 0 bridgehead atoms. The van der Waals surface area contributed by atoms with E-state index in [0.717, 1.165) is 30.0 Å². The highest BCUT2D eigenvalue weighted by Crippen LogP contribution is 2.20. The zero-order valence-corrected chi connectivity index (χ0v) is 16.6. The van der Waals surface area contributed by atoms with Crippen molar-refractivity contribution in [3.63, 3.8) is 0 Å². The highest BCUT2D eigenvalue weighted by molar-refractivity contribution is 5.80. The maximum Gasteiger partial charge on any atom is 0.261 e. The Morgan fingerprint density at radius 2 is 1.74 bits per heavy atom. The Labute approximate surface area is 162 Å². The van der Waals surface area contributed by atoms with Gasteiger partial charge in [-0.1, -0.05) is 18.2 Å². The summed E-state index contributed by atoms with van der Waals surface area (Å²) in [6, 6.07) is 14.4. The first kappa shape index (κ1) is 19.3. The summed E-state index contributed by atoms with van der Waals surface area (Å²) >= 11 is 0. The number of aryl methyl sites for hydroxylation is 2. The molecule has 0 aromatic heterocycles. The van der Waals surface area contributed by atoms with Gasteiger partial charge in [0.1, 0.15) is 5.75 Å². The minimum absolute atomic E-state index is 0.103. The van der Waals surface area contributed by atoms with Gasteiger partial charge in [-0.2, -0.15) is 0 Å². The number of anilines is 1. The van der Waals surface area contributed by atoms with Crippen LogP contribution in [-0.2, 0) is 11.3 Å². The second kappa shape index (κ2) is 8.94. The minimum Gasteiger partial charge on any atom is -0.481 e. The van der Waals surface area contributed by atoms with E-state index in [1.807, 2.05) is 25.1 Å². The third-order valence-electron chi connectivity index (χ3n) is 5.28. The van der Waals surface area contributed by atoms with Crippen LogP contribution in [0.15, 0.2) is 42.5 Å². The molecular weight excluding hydrogens is 336 g/mol. The predicted octanol–water partition coefficient (Wildman–Crippen LogP) is 4.38. The zero-order chi connectivity index (χ0) is 19.2. The van der Waals surface area contributed by atoms with E-state index in [1.165, 1.54) is 30.5 Å². The van der Waals surface area contributed by atoms with Crippen LogP contribution in [-0.4, -0.2) is 25.1 Å². The molecule has 1 fully saturated rings. The molecule has 0 saturated carbocycles. The van der Waals surface area contributed by atoms with E-state index in [-0.39, 0.29) is 5.91 Å². The lowest BCUT2D eigenvalue weighted by atomic mass is 10.1. The monoisotopic (exact) mass is 366 g/mol. The maximum absolute atomic E-state index is 12.3. The SMILES string of the molecule is Cc1ccc(OC(C)C(=O)NCc2ccc(N3CCCCC3)cc2)cc1C. The van der Waals surface area contributed by atoms with E-state index in [0.29, 0.717) is 6.54 Å². The highest BCUT2D eigenvalue weighted by Gasteiger charge is 2.15. The first-order chi connectivity index (χ1) is 13.0. The molecule has 3 rings (SSSR count). The number of carbonyl (C=O) groups is 1. The van der Waals surface area contributed by atoms with Gasteiger partial charge in [0.15, 0.2) is 6.10 Å². The van der Waals surface area contributed by atoms with E-state index < -0.39 is 6.10 Å². The van der Waals surface area contributed by atoms with Gasteiger partial charge >= 0.3 is 0 Å². The van der Waals surface area contributed by atoms with Gasteiger partial charge in [0, 0.05) is 25.3 Å². The van der Waals surface area contributed by atoms with Crippen LogP contribution in [0.4, 0.5) is 5.69 Å². The first-order valence-corrected chi connectivity index (χ1v) is 9.88. The van der Waals surface area contributed by atoms with Crippen molar-refractivity contribution < 1.29 is 9.53 Å². The van der Waals surface area contributed by atoms with Crippen LogP contribution in [0, 0.1) is 13.8 Å². The van der Waals surface area contributed by atoms with Crippen molar-refractivity contribution in [2.45, 2.75) is 52.7 Å². The van der Waals surface area contributed by atoms with Crippen LogP contribution in [0.5, 0.6) is 5.75 Å². The molecule has 4 heteroatoms. The van der Waals surface area contributed by atoms with E-state index >= 15 is 0 Å². The number of carbonyl (C=O) groups excluding carboxylic acids is 1. The summed E-state index contributed by atoms with van der Waals surface area (Å²) in [5.41, 5.74) is 4.75. The van der Waals surface area contributed by atoms with Crippen molar-refractivity contribution in [1.82, 2.24) is 5.32 Å². The molecule has 1 heterocycles. The van der Waals surface area contributed by atoms with E-state index in [4.69, 9.17) is 4.74 Å². The number of nitrogens with one attached hydrogen (secondary N) is 1. The average Bonchev–Trinajstić information content (AvgIpc) is 2.70. The zero-order valence-electron chi connectivity index (χ0n) is 16.6. The smallest absolute Gasteiger partial charge is 0.261 e. The molecule has 144 valence electrons. The van der Waals surface area contributed by atoms with Crippen molar-refractivity contribution in [3.05, 3.63) is 59.2 Å². The number of amides is 1. The van der Waals surface area contributed by atoms with Gasteiger partial charge in [0.25, 0.3) is 5.91 Å². The van der Waals surface area contributed by atoms with Gasteiger partial charge in [0.2, 0.25) is 0 Å². The van der Waals surface area contributed by atoms with Crippen LogP contribution in [0.3, 0.4) is 0 Å². The first-order valence-electron chi connectivity index (χ1n) is 9.88. The fourth-order valence-electron chi connectivity index (χ4n) is 3.35. The van der Waals surface area contributed by atoms with Crippen LogP contribution >= 0.6 is 0 Å². The average molecular weight is 367 g/mol. The second-order valence-electron chi connectivity index (χ2n) is 7.44. The molecule has 1 unspecified atom stereocenters. The molecule has 1 aliphatic heterocycles. The van der Waals surface area contributed by atoms with Gasteiger partial charge < -0.3 is 15.0 Å².